The van der Waals surface area contributed by atoms with Crippen LogP contribution in [0, 0.1) is 0 Å². The quantitative estimate of drug-likeness (QED) is 0.461. The van der Waals surface area contributed by atoms with Crippen LogP contribution in [0.5, 0.6) is 23.0 Å². The predicted octanol–water partition coefficient (Wildman–Crippen LogP) is 4.58. The first-order valence-corrected chi connectivity index (χ1v) is 10.5. The number of nitrogens with zero attached hydrogens (tertiary/aromatic N) is 2. The average Bonchev–Trinajstić information content (AvgIpc) is 3.25. The first kappa shape index (κ1) is 22.9. The Morgan fingerprint density at radius 1 is 0.781 bits per heavy atom. The van der Waals surface area contributed by atoms with Crippen LogP contribution in [0.15, 0.2) is 40.8 Å². The Labute approximate surface area is 186 Å². The number of carbonyl (C=O) groups is 1. The largest absolute Gasteiger partial charge is 0.490 e. The SMILES string of the molecule is CCOc1ccc(C(=O)Nc2nnc(-c3ccc(OCC)c(OCC)c3)o2)cc1OCC. The molecule has 0 aliphatic carbocycles. The van der Waals surface area contributed by atoms with Crippen LogP contribution in [-0.2, 0) is 0 Å². The van der Waals surface area contributed by atoms with Gasteiger partial charge in [-0.1, -0.05) is 5.10 Å². The van der Waals surface area contributed by atoms with Gasteiger partial charge in [-0.15, -0.1) is 5.10 Å². The second-order valence-corrected chi connectivity index (χ2v) is 6.42. The molecule has 1 amide bonds. The molecule has 0 bridgehead atoms. The van der Waals surface area contributed by atoms with Crippen LogP contribution in [0.4, 0.5) is 6.01 Å². The Balaban J connectivity index is 1.77. The molecule has 0 aliphatic rings. The van der Waals surface area contributed by atoms with Gasteiger partial charge in [0.15, 0.2) is 23.0 Å². The van der Waals surface area contributed by atoms with E-state index in [1.54, 1.807) is 36.4 Å². The molecule has 0 saturated heterocycles. The fourth-order valence-electron chi connectivity index (χ4n) is 2.94. The van der Waals surface area contributed by atoms with E-state index in [0.717, 1.165) is 0 Å². The summed E-state index contributed by atoms with van der Waals surface area (Å²) >= 11 is 0. The molecular weight excluding hydrogens is 414 g/mol. The number of ether oxygens (including phenoxy) is 4. The monoisotopic (exact) mass is 441 g/mol. The van der Waals surface area contributed by atoms with Crippen LogP contribution < -0.4 is 24.3 Å². The van der Waals surface area contributed by atoms with E-state index >= 15 is 0 Å². The van der Waals surface area contributed by atoms with E-state index in [4.69, 9.17) is 23.4 Å². The molecule has 2 aromatic carbocycles. The number of hydrogen-bond donors (Lipinski definition) is 1. The van der Waals surface area contributed by atoms with Gasteiger partial charge in [-0.2, -0.15) is 0 Å². The van der Waals surface area contributed by atoms with Crippen molar-refractivity contribution in [3.05, 3.63) is 42.0 Å². The van der Waals surface area contributed by atoms with Gasteiger partial charge >= 0.3 is 6.01 Å². The summed E-state index contributed by atoms with van der Waals surface area (Å²) in [5, 5.41) is 10.6. The maximum Gasteiger partial charge on any atom is 0.322 e. The number of carbonyl (C=O) groups excluding carboxylic acids is 1. The smallest absolute Gasteiger partial charge is 0.322 e. The molecule has 0 aliphatic heterocycles. The van der Waals surface area contributed by atoms with Crippen LogP contribution in [0.2, 0.25) is 0 Å². The fourth-order valence-corrected chi connectivity index (χ4v) is 2.94. The highest BCUT2D eigenvalue weighted by Gasteiger charge is 2.17. The lowest BCUT2D eigenvalue weighted by molar-refractivity contribution is 0.102. The Morgan fingerprint density at radius 2 is 1.34 bits per heavy atom. The summed E-state index contributed by atoms with van der Waals surface area (Å²) in [6.07, 6.45) is 0. The minimum Gasteiger partial charge on any atom is -0.490 e. The zero-order chi connectivity index (χ0) is 22.9. The highest BCUT2D eigenvalue weighted by molar-refractivity contribution is 6.03. The van der Waals surface area contributed by atoms with Crippen molar-refractivity contribution in [2.24, 2.45) is 0 Å². The van der Waals surface area contributed by atoms with E-state index in [0.29, 0.717) is 60.6 Å². The molecule has 0 atom stereocenters. The number of aromatic nitrogens is 2. The standard InChI is InChI=1S/C23H27N3O6/c1-5-28-17-11-9-15(13-19(17)30-7-3)21(27)24-23-26-25-22(32-23)16-10-12-18(29-6-2)20(14-16)31-8-4/h9-14H,5-8H2,1-4H3,(H,24,26,27). The molecule has 0 spiro atoms. The molecule has 1 aromatic heterocycles. The Hall–Kier alpha value is -3.75. The highest BCUT2D eigenvalue weighted by atomic mass is 16.5. The summed E-state index contributed by atoms with van der Waals surface area (Å²) in [4.78, 5) is 12.7. The van der Waals surface area contributed by atoms with Crippen LogP contribution >= 0.6 is 0 Å². The van der Waals surface area contributed by atoms with Gasteiger partial charge in [0, 0.05) is 11.1 Å². The molecule has 32 heavy (non-hydrogen) atoms. The lowest BCUT2D eigenvalue weighted by Gasteiger charge is -2.12. The van der Waals surface area contributed by atoms with Crippen LogP contribution in [0.3, 0.4) is 0 Å². The minimum absolute atomic E-state index is 0.0244. The van der Waals surface area contributed by atoms with Gasteiger partial charge < -0.3 is 23.4 Å². The van der Waals surface area contributed by atoms with Crippen molar-refractivity contribution in [3.63, 3.8) is 0 Å². The molecule has 0 unspecified atom stereocenters. The van der Waals surface area contributed by atoms with Crippen molar-refractivity contribution in [2.45, 2.75) is 27.7 Å². The summed E-state index contributed by atoms with van der Waals surface area (Å²) < 4.78 is 27.9. The third-order valence-corrected chi connectivity index (χ3v) is 4.24. The number of anilines is 1. The van der Waals surface area contributed by atoms with Crippen molar-refractivity contribution in [1.29, 1.82) is 0 Å². The number of hydrogen-bond acceptors (Lipinski definition) is 8. The zero-order valence-corrected chi connectivity index (χ0v) is 18.6. The summed E-state index contributed by atoms with van der Waals surface area (Å²) in [5.41, 5.74) is 1.01. The van der Waals surface area contributed by atoms with Crippen molar-refractivity contribution in [3.8, 4) is 34.5 Å². The summed E-state index contributed by atoms with van der Waals surface area (Å²) in [6.45, 7) is 9.48. The van der Waals surface area contributed by atoms with Gasteiger partial charge in [-0.05, 0) is 64.1 Å². The van der Waals surface area contributed by atoms with Crippen molar-refractivity contribution >= 4 is 11.9 Å². The zero-order valence-electron chi connectivity index (χ0n) is 18.6. The lowest BCUT2D eigenvalue weighted by Crippen LogP contribution is -2.12. The van der Waals surface area contributed by atoms with Crippen molar-refractivity contribution in [1.82, 2.24) is 10.2 Å². The van der Waals surface area contributed by atoms with Crippen molar-refractivity contribution in [2.75, 3.05) is 31.7 Å². The normalized spacial score (nSPS) is 10.5. The fraction of sp³-hybridized carbons (Fsp3) is 0.348. The van der Waals surface area contributed by atoms with Gasteiger partial charge in [-0.3, -0.25) is 10.1 Å². The van der Waals surface area contributed by atoms with Gasteiger partial charge in [0.2, 0.25) is 5.89 Å². The third-order valence-electron chi connectivity index (χ3n) is 4.24. The number of amides is 1. The van der Waals surface area contributed by atoms with E-state index in [1.165, 1.54) is 0 Å². The molecule has 0 saturated carbocycles. The first-order chi connectivity index (χ1) is 15.6. The predicted molar refractivity (Wildman–Crippen MR) is 119 cm³/mol. The second kappa shape index (κ2) is 11.0. The van der Waals surface area contributed by atoms with E-state index in [9.17, 15) is 4.79 Å². The topological polar surface area (TPSA) is 105 Å². The van der Waals surface area contributed by atoms with E-state index in [1.807, 2.05) is 27.7 Å². The summed E-state index contributed by atoms with van der Waals surface area (Å²) in [6, 6.07) is 10.2. The molecular formula is C23H27N3O6. The molecule has 3 rings (SSSR count). The lowest BCUT2D eigenvalue weighted by atomic mass is 10.2. The van der Waals surface area contributed by atoms with Crippen molar-refractivity contribution < 1.29 is 28.2 Å². The third kappa shape index (κ3) is 5.48. The van der Waals surface area contributed by atoms with Gasteiger partial charge in [0.1, 0.15) is 0 Å². The molecule has 9 heteroatoms. The summed E-state index contributed by atoms with van der Waals surface area (Å²) in [7, 11) is 0. The minimum atomic E-state index is -0.411. The molecule has 3 aromatic rings. The molecule has 170 valence electrons. The molecule has 0 fully saturated rings. The van der Waals surface area contributed by atoms with Gasteiger partial charge in [0.05, 0.1) is 26.4 Å². The average molecular weight is 441 g/mol. The number of rotatable bonds is 11. The molecule has 1 N–H and O–H groups in total. The Kier molecular flexibility index (Phi) is 7.91. The molecule has 0 radical (unpaired) electrons. The van der Waals surface area contributed by atoms with E-state index in [-0.39, 0.29) is 11.9 Å². The summed E-state index contributed by atoms with van der Waals surface area (Å²) in [5.74, 6) is 2.11. The van der Waals surface area contributed by atoms with E-state index in [2.05, 4.69) is 15.5 Å². The second-order valence-electron chi connectivity index (χ2n) is 6.42. The van der Waals surface area contributed by atoms with Gasteiger partial charge in [-0.25, -0.2) is 0 Å². The number of benzene rings is 2. The first-order valence-electron chi connectivity index (χ1n) is 10.5. The van der Waals surface area contributed by atoms with Crippen LogP contribution in [0.25, 0.3) is 11.5 Å². The van der Waals surface area contributed by atoms with Crippen LogP contribution in [0.1, 0.15) is 38.1 Å². The molecule has 1 heterocycles. The Morgan fingerprint density at radius 3 is 1.97 bits per heavy atom. The van der Waals surface area contributed by atoms with E-state index < -0.39 is 5.91 Å². The van der Waals surface area contributed by atoms with Crippen LogP contribution in [-0.4, -0.2) is 42.5 Å². The number of nitrogens with one attached hydrogen (secondary N) is 1. The maximum atomic E-state index is 12.7. The highest BCUT2D eigenvalue weighted by Crippen LogP contribution is 2.33. The Bertz CT molecular complexity index is 1050. The molecule has 9 nitrogen and oxygen atoms in total. The maximum absolute atomic E-state index is 12.7. The van der Waals surface area contributed by atoms with Gasteiger partial charge in [0.25, 0.3) is 5.91 Å².